The topological polar surface area (TPSA) is 12.9 Å². The van der Waals surface area contributed by atoms with Gasteiger partial charge in [0.1, 0.15) is 0 Å². The Morgan fingerprint density at radius 3 is 2.62 bits per heavy atom. The molecule has 0 aliphatic rings. The smallest absolute Gasteiger partial charge is 0.0719 e. The van der Waals surface area contributed by atoms with Gasteiger partial charge in [-0.05, 0) is 43.2 Å². The molecular weight excluding hydrogens is 182 g/mol. The van der Waals surface area contributed by atoms with Crippen LogP contribution in [0.3, 0.4) is 0 Å². The van der Waals surface area contributed by atoms with Gasteiger partial charge >= 0.3 is 0 Å². The van der Waals surface area contributed by atoms with E-state index in [0.717, 1.165) is 15.9 Å². The molecule has 0 N–H and O–H groups in total. The number of hydrogen-bond acceptors (Lipinski definition) is 1. The van der Waals surface area contributed by atoms with Crippen molar-refractivity contribution in [3.05, 3.63) is 40.5 Å². The summed E-state index contributed by atoms with van der Waals surface area (Å²) in [5.41, 5.74) is 3.47. The molecule has 0 aliphatic heterocycles. The Labute approximate surface area is 82.4 Å². The molecule has 1 nitrogen and oxygen atoms in total. The van der Waals surface area contributed by atoms with Crippen molar-refractivity contribution in [2.45, 2.75) is 13.8 Å². The SMILES string of the molecule is Cc1cc2nccc(Cl)c2cc1C. The number of pyridine rings is 1. The summed E-state index contributed by atoms with van der Waals surface area (Å²) in [6.45, 7) is 4.16. The summed E-state index contributed by atoms with van der Waals surface area (Å²) in [5.74, 6) is 0. The fourth-order valence-corrected chi connectivity index (χ4v) is 1.58. The van der Waals surface area contributed by atoms with Gasteiger partial charge in [-0.15, -0.1) is 0 Å². The predicted molar refractivity (Wildman–Crippen MR) is 56.2 cm³/mol. The quantitative estimate of drug-likeness (QED) is 0.621. The molecule has 1 aromatic carbocycles. The zero-order valence-electron chi connectivity index (χ0n) is 7.63. The van der Waals surface area contributed by atoms with E-state index >= 15 is 0 Å². The van der Waals surface area contributed by atoms with Crippen LogP contribution in [0.15, 0.2) is 24.4 Å². The van der Waals surface area contributed by atoms with Crippen molar-refractivity contribution >= 4 is 22.5 Å². The Balaban J connectivity index is 2.89. The molecule has 1 heterocycles. The molecule has 0 radical (unpaired) electrons. The lowest BCUT2D eigenvalue weighted by Gasteiger charge is -2.03. The van der Waals surface area contributed by atoms with Gasteiger partial charge in [0.2, 0.25) is 0 Å². The van der Waals surface area contributed by atoms with Crippen LogP contribution in [0.1, 0.15) is 11.1 Å². The molecule has 0 bridgehead atoms. The molecule has 0 atom stereocenters. The van der Waals surface area contributed by atoms with Crippen molar-refractivity contribution in [2.24, 2.45) is 0 Å². The van der Waals surface area contributed by atoms with E-state index in [0.29, 0.717) is 0 Å². The highest BCUT2D eigenvalue weighted by molar-refractivity contribution is 6.35. The van der Waals surface area contributed by atoms with Crippen LogP contribution in [-0.4, -0.2) is 4.98 Å². The summed E-state index contributed by atoms with van der Waals surface area (Å²) in [6.07, 6.45) is 1.74. The number of aromatic nitrogens is 1. The third-order valence-corrected chi connectivity index (χ3v) is 2.63. The highest BCUT2D eigenvalue weighted by atomic mass is 35.5. The molecule has 2 heteroatoms. The van der Waals surface area contributed by atoms with Crippen molar-refractivity contribution in [1.29, 1.82) is 0 Å². The lowest BCUT2D eigenvalue weighted by molar-refractivity contribution is 1.33. The van der Waals surface area contributed by atoms with Crippen LogP contribution in [0, 0.1) is 13.8 Å². The van der Waals surface area contributed by atoms with E-state index in [4.69, 9.17) is 11.6 Å². The first-order valence-electron chi connectivity index (χ1n) is 4.20. The molecule has 66 valence electrons. The fourth-order valence-electron chi connectivity index (χ4n) is 1.37. The van der Waals surface area contributed by atoms with E-state index in [2.05, 4.69) is 31.0 Å². The van der Waals surface area contributed by atoms with Crippen molar-refractivity contribution in [3.63, 3.8) is 0 Å². The van der Waals surface area contributed by atoms with Gasteiger partial charge in [-0.1, -0.05) is 11.6 Å². The molecule has 2 aromatic rings. The Bertz CT molecular complexity index is 463. The molecule has 0 fully saturated rings. The van der Waals surface area contributed by atoms with E-state index in [1.165, 1.54) is 11.1 Å². The minimum Gasteiger partial charge on any atom is -0.256 e. The molecule has 1 aromatic heterocycles. The van der Waals surface area contributed by atoms with Crippen molar-refractivity contribution in [2.75, 3.05) is 0 Å². The molecular formula is C11H10ClN. The maximum absolute atomic E-state index is 6.04. The molecule has 13 heavy (non-hydrogen) atoms. The summed E-state index contributed by atoms with van der Waals surface area (Å²) in [5, 5.41) is 1.81. The van der Waals surface area contributed by atoms with Crippen LogP contribution in [-0.2, 0) is 0 Å². The van der Waals surface area contributed by atoms with Crippen molar-refractivity contribution in [1.82, 2.24) is 4.98 Å². The van der Waals surface area contributed by atoms with Crippen molar-refractivity contribution in [3.8, 4) is 0 Å². The second-order valence-electron chi connectivity index (χ2n) is 3.25. The first-order valence-corrected chi connectivity index (χ1v) is 4.58. The molecule has 2 rings (SSSR count). The Morgan fingerprint density at radius 2 is 1.85 bits per heavy atom. The largest absolute Gasteiger partial charge is 0.256 e. The van der Waals surface area contributed by atoms with Gasteiger partial charge < -0.3 is 0 Å². The Morgan fingerprint density at radius 1 is 1.15 bits per heavy atom. The van der Waals surface area contributed by atoms with Gasteiger partial charge in [-0.2, -0.15) is 0 Å². The van der Waals surface area contributed by atoms with E-state index in [1.807, 2.05) is 6.07 Å². The van der Waals surface area contributed by atoms with E-state index < -0.39 is 0 Å². The number of fused-ring (bicyclic) bond motifs is 1. The first-order chi connectivity index (χ1) is 6.18. The number of benzene rings is 1. The lowest BCUT2D eigenvalue weighted by Crippen LogP contribution is -1.84. The van der Waals surface area contributed by atoms with Crippen LogP contribution < -0.4 is 0 Å². The monoisotopic (exact) mass is 191 g/mol. The summed E-state index contributed by atoms with van der Waals surface area (Å²) >= 11 is 6.04. The summed E-state index contributed by atoms with van der Waals surface area (Å²) < 4.78 is 0. The first kappa shape index (κ1) is 8.52. The second kappa shape index (κ2) is 3.00. The van der Waals surface area contributed by atoms with Gasteiger partial charge in [0, 0.05) is 11.6 Å². The molecule has 0 saturated carbocycles. The third kappa shape index (κ3) is 1.40. The zero-order chi connectivity index (χ0) is 9.42. The fraction of sp³-hybridized carbons (Fsp3) is 0.182. The highest BCUT2D eigenvalue weighted by Crippen LogP contribution is 2.24. The molecule has 0 saturated heterocycles. The van der Waals surface area contributed by atoms with Gasteiger partial charge in [0.15, 0.2) is 0 Å². The van der Waals surface area contributed by atoms with E-state index in [1.54, 1.807) is 6.20 Å². The molecule has 0 spiro atoms. The summed E-state index contributed by atoms with van der Waals surface area (Å²) in [6, 6.07) is 5.97. The Hall–Kier alpha value is -1.08. The number of rotatable bonds is 0. The number of nitrogens with zero attached hydrogens (tertiary/aromatic N) is 1. The average molecular weight is 192 g/mol. The van der Waals surface area contributed by atoms with Gasteiger partial charge in [-0.25, -0.2) is 0 Å². The van der Waals surface area contributed by atoms with Crippen LogP contribution >= 0.6 is 11.6 Å². The van der Waals surface area contributed by atoms with E-state index in [-0.39, 0.29) is 0 Å². The normalized spacial score (nSPS) is 10.7. The standard InChI is InChI=1S/C11H10ClN/c1-7-5-9-10(12)3-4-13-11(9)6-8(7)2/h3-6H,1-2H3. The van der Waals surface area contributed by atoms with Crippen LogP contribution in [0.4, 0.5) is 0 Å². The van der Waals surface area contributed by atoms with Crippen molar-refractivity contribution < 1.29 is 0 Å². The molecule has 0 amide bonds. The molecule has 0 aliphatic carbocycles. The van der Waals surface area contributed by atoms with Gasteiger partial charge in [0.25, 0.3) is 0 Å². The van der Waals surface area contributed by atoms with Gasteiger partial charge in [-0.3, -0.25) is 4.98 Å². The predicted octanol–water partition coefficient (Wildman–Crippen LogP) is 3.51. The minimum atomic E-state index is 0.771. The third-order valence-electron chi connectivity index (χ3n) is 2.30. The maximum atomic E-state index is 6.04. The number of halogens is 1. The summed E-state index contributed by atoms with van der Waals surface area (Å²) in [7, 11) is 0. The lowest BCUT2D eigenvalue weighted by atomic mass is 10.1. The van der Waals surface area contributed by atoms with Gasteiger partial charge in [0.05, 0.1) is 10.5 Å². The average Bonchev–Trinajstić information content (AvgIpc) is 2.09. The number of aryl methyl sites for hydroxylation is 2. The zero-order valence-corrected chi connectivity index (χ0v) is 8.39. The highest BCUT2D eigenvalue weighted by Gasteiger charge is 2.01. The minimum absolute atomic E-state index is 0.771. The van der Waals surface area contributed by atoms with Crippen LogP contribution in [0.5, 0.6) is 0 Å². The van der Waals surface area contributed by atoms with E-state index in [9.17, 15) is 0 Å². The van der Waals surface area contributed by atoms with Crippen LogP contribution in [0.2, 0.25) is 5.02 Å². The second-order valence-corrected chi connectivity index (χ2v) is 3.65. The summed E-state index contributed by atoms with van der Waals surface area (Å²) in [4.78, 5) is 4.26. The maximum Gasteiger partial charge on any atom is 0.0719 e. The number of hydrogen-bond donors (Lipinski definition) is 0. The van der Waals surface area contributed by atoms with Crippen LogP contribution in [0.25, 0.3) is 10.9 Å². The Kier molecular flexibility index (Phi) is 1.97. The molecule has 0 unspecified atom stereocenters.